The van der Waals surface area contributed by atoms with Gasteiger partial charge in [-0.2, -0.15) is 5.26 Å². The van der Waals surface area contributed by atoms with Crippen LogP contribution in [0, 0.1) is 29.1 Å². The number of rotatable bonds is 0. The lowest BCUT2D eigenvalue weighted by atomic mass is 9.95. The molecule has 1 heterocycles. The molecule has 0 bridgehead atoms. The molecule has 1 aliphatic carbocycles. The number of nitrogens with one attached hydrogen (secondary N) is 1. The van der Waals surface area contributed by atoms with Crippen LogP contribution in [0.3, 0.4) is 0 Å². The molecule has 0 spiro atoms. The molecule has 2 nitrogen and oxygen atoms in total. The Balaban J connectivity index is 2.05. The second kappa shape index (κ2) is 2.49. The van der Waals surface area contributed by atoms with E-state index in [1.807, 2.05) is 0 Å². The Morgan fingerprint density at radius 1 is 1.45 bits per heavy atom. The van der Waals surface area contributed by atoms with E-state index in [1.54, 1.807) is 0 Å². The van der Waals surface area contributed by atoms with Crippen LogP contribution in [-0.4, -0.2) is 12.6 Å². The minimum absolute atomic E-state index is 0.356. The van der Waals surface area contributed by atoms with Gasteiger partial charge in [0.15, 0.2) is 0 Å². The van der Waals surface area contributed by atoms with Crippen molar-refractivity contribution < 1.29 is 0 Å². The standard InChI is InChI=1S/C9H14N2/c1-6-9-3-7(4-10)2-8(9)5-11-6/h6-9,11H,2-3,5H2,1H3. The lowest BCUT2D eigenvalue weighted by Crippen LogP contribution is -2.23. The van der Waals surface area contributed by atoms with Crippen LogP contribution in [-0.2, 0) is 0 Å². The maximum Gasteiger partial charge on any atom is 0.0656 e. The van der Waals surface area contributed by atoms with Gasteiger partial charge >= 0.3 is 0 Å². The molecule has 60 valence electrons. The van der Waals surface area contributed by atoms with E-state index >= 15 is 0 Å². The molecule has 0 amide bonds. The summed E-state index contributed by atoms with van der Waals surface area (Å²) in [6.45, 7) is 3.38. The molecule has 1 N–H and O–H groups in total. The summed E-state index contributed by atoms with van der Waals surface area (Å²) in [6, 6.07) is 3.04. The third-order valence-corrected chi connectivity index (χ3v) is 3.28. The number of nitriles is 1. The van der Waals surface area contributed by atoms with Gasteiger partial charge in [-0.15, -0.1) is 0 Å². The van der Waals surface area contributed by atoms with Crippen LogP contribution in [0.25, 0.3) is 0 Å². The molecular formula is C9H14N2. The molecular weight excluding hydrogens is 136 g/mol. The number of hydrogen-bond acceptors (Lipinski definition) is 2. The fraction of sp³-hybridized carbons (Fsp3) is 0.889. The van der Waals surface area contributed by atoms with Gasteiger partial charge in [0.05, 0.1) is 6.07 Å². The van der Waals surface area contributed by atoms with Crippen LogP contribution in [0.5, 0.6) is 0 Å². The summed E-state index contributed by atoms with van der Waals surface area (Å²) in [5.41, 5.74) is 0. The Bertz CT molecular complexity index is 194. The number of hydrogen-bond donors (Lipinski definition) is 1. The van der Waals surface area contributed by atoms with E-state index in [0.717, 1.165) is 31.2 Å². The molecule has 1 aliphatic heterocycles. The highest BCUT2D eigenvalue weighted by Crippen LogP contribution is 2.40. The van der Waals surface area contributed by atoms with Crippen LogP contribution < -0.4 is 5.32 Å². The zero-order valence-electron chi connectivity index (χ0n) is 6.88. The highest BCUT2D eigenvalue weighted by Gasteiger charge is 2.41. The molecule has 2 heteroatoms. The van der Waals surface area contributed by atoms with Crippen molar-refractivity contribution in [2.75, 3.05) is 6.54 Å². The fourth-order valence-electron chi connectivity index (χ4n) is 2.60. The highest BCUT2D eigenvalue weighted by atomic mass is 15.0. The molecule has 1 saturated heterocycles. The third-order valence-electron chi connectivity index (χ3n) is 3.28. The first-order valence-electron chi connectivity index (χ1n) is 4.44. The Morgan fingerprint density at radius 2 is 2.27 bits per heavy atom. The molecule has 2 aliphatic rings. The molecule has 4 atom stereocenters. The molecule has 11 heavy (non-hydrogen) atoms. The monoisotopic (exact) mass is 150 g/mol. The predicted molar refractivity (Wildman–Crippen MR) is 42.8 cm³/mol. The molecule has 2 rings (SSSR count). The van der Waals surface area contributed by atoms with E-state index in [1.165, 1.54) is 0 Å². The van der Waals surface area contributed by atoms with Crippen LogP contribution in [0.4, 0.5) is 0 Å². The van der Waals surface area contributed by atoms with Crippen LogP contribution in [0.1, 0.15) is 19.8 Å². The summed E-state index contributed by atoms with van der Waals surface area (Å²) in [4.78, 5) is 0. The van der Waals surface area contributed by atoms with Crippen molar-refractivity contribution in [2.45, 2.75) is 25.8 Å². The van der Waals surface area contributed by atoms with Crippen molar-refractivity contribution in [2.24, 2.45) is 17.8 Å². The lowest BCUT2D eigenvalue weighted by Gasteiger charge is -2.11. The highest BCUT2D eigenvalue weighted by molar-refractivity contribution is 5.01. The second-order valence-electron chi connectivity index (χ2n) is 3.92. The molecule has 0 aromatic rings. The molecule has 0 radical (unpaired) electrons. The Labute approximate surface area is 67.6 Å². The maximum absolute atomic E-state index is 8.74. The summed E-state index contributed by atoms with van der Waals surface area (Å²) in [5.74, 6) is 1.95. The quantitative estimate of drug-likeness (QED) is 0.562. The molecule has 2 fully saturated rings. The topological polar surface area (TPSA) is 35.8 Å². The van der Waals surface area contributed by atoms with Gasteiger partial charge in [0, 0.05) is 12.0 Å². The largest absolute Gasteiger partial charge is 0.314 e. The van der Waals surface area contributed by atoms with E-state index in [4.69, 9.17) is 5.26 Å². The average Bonchev–Trinajstić information content (AvgIpc) is 2.53. The zero-order chi connectivity index (χ0) is 7.84. The van der Waals surface area contributed by atoms with Gasteiger partial charge in [-0.05, 0) is 38.1 Å². The van der Waals surface area contributed by atoms with Crippen molar-refractivity contribution in [3.63, 3.8) is 0 Å². The van der Waals surface area contributed by atoms with Gasteiger partial charge in [-0.25, -0.2) is 0 Å². The summed E-state index contributed by atoms with van der Waals surface area (Å²) in [6.07, 6.45) is 2.27. The first-order chi connectivity index (χ1) is 5.31. The van der Waals surface area contributed by atoms with Crippen LogP contribution in [0.2, 0.25) is 0 Å². The normalized spacial score (nSPS) is 48.7. The maximum atomic E-state index is 8.74. The van der Waals surface area contributed by atoms with E-state index < -0.39 is 0 Å². The average molecular weight is 150 g/mol. The van der Waals surface area contributed by atoms with E-state index in [0.29, 0.717) is 12.0 Å². The van der Waals surface area contributed by atoms with Gasteiger partial charge in [0.1, 0.15) is 0 Å². The summed E-state index contributed by atoms with van der Waals surface area (Å²) >= 11 is 0. The Hall–Kier alpha value is -0.550. The van der Waals surface area contributed by atoms with Gasteiger partial charge < -0.3 is 5.32 Å². The van der Waals surface area contributed by atoms with Crippen molar-refractivity contribution in [1.29, 1.82) is 5.26 Å². The molecule has 4 unspecified atom stereocenters. The first-order valence-corrected chi connectivity index (χ1v) is 4.44. The molecule has 0 aromatic heterocycles. The number of fused-ring (bicyclic) bond motifs is 1. The lowest BCUT2D eigenvalue weighted by molar-refractivity contribution is 0.429. The Kier molecular flexibility index (Phi) is 1.61. The van der Waals surface area contributed by atoms with E-state index in [9.17, 15) is 0 Å². The zero-order valence-corrected chi connectivity index (χ0v) is 6.88. The minimum atomic E-state index is 0.356. The molecule has 1 saturated carbocycles. The number of nitrogens with zero attached hydrogens (tertiary/aromatic N) is 1. The SMILES string of the molecule is CC1NCC2CC(C#N)CC21. The third kappa shape index (κ3) is 1.04. The smallest absolute Gasteiger partial charge is 0.0656 e. The second-order valence-corrected chi connectivity index (χ2v) is 3.92. The Morgan fingerprint density at radius 3 is 2.91 bits per heavy atom. The van der Waals surface area contributed by atoms with Gasteiger partial charge in [-0.3, -0.25) is 0 Å². The van der Waals surface area contributed by atoms with Gasteiger partial charge in [0.25, 0.3) is 0 Å². The molecule has 0 aromatic carbocycles. The van der Waals surface area contributed by atoms with Crippen molar-refractivity contribution >= 4 is 0 Å². The minimum Gasteiger partial charge on any atom is -0.314 e. The summed E-state index contributed by atoms with van der Waals surface area (Å²) < 4.78 is 0. The first kappa shape index (κ1) is 7.12. The van der Waals surface area contributed by atoms with Crippen molar-refractivity contribution in [1.82, 2.24) is 5.32 Å². The van der Waals surface area contributed by atoms with E-state index in [2.05, 4.69) is 18.3 Å². The van der Waals surface area contributed by atoms with Crippen LogP contribution >= 0.6 is 0 Å². The van der Waals surface area contributed by atoms with Crippen molar-refractivity contribution in [3.05, 3.63) is 0 Å². The fourth-order valence-corrected chi connectivity index (χ4v) is 2.60. The summed E-state index contributed by atoms with van der Waals surface area (Å²) in [5, 5.41) is 12.2. The van der Waals surface area contributed by atoms with Gasteiger partial charge in [-0.1, -0.05) is 0 Å². The van der Waals surface area contributed by atoms with Gasteiger partial charge in [0.2, 0.25) is 0 Å². The predicted octanol–water partition coefficient (Wildman–Crippen LogP) is 1.14. The van der Waals surface area contributed by atoms with E-state index in [-0.39, 0.29) is 0 Å². The van der Waals surface area contributed by atoms with Crippen molar-refractivity contribution in [3.8, 4) is 6.07 Å². The van der Waals surface area contributed by atoms with Crippen LogP contribution in [0.15, 0.2) is 0 Å². The summed E-state index contributed by atoms with van der Waals surface area (Å²) in [7, 11) is 0.